The van der Waals surface area contributed by atoms with Gasteiger partial charge in [0.25, 0.3) is 0 Å². The highest BCUT2D eigenvalue weighted by Crippen LogP contribution is 2.19. The molecule has 0 amide bonds. The van der Waals surface area contributed by atoms with E-state index in [1.54, 1.807) is 12.3 Å². The van der Waals surface area contributed by atoms with Crippen LogP contribution in [-0.2, 0) is 6.61 Å². The lowest BCUT2D eigenvalue weighted by Crippen LogP contribution is -2.34. The topological polar surface area (TPSA) is 80.1 Å². The molecule has 0 atom stereocenters. The fourth-order valence-corrected chi connectivity index (χ4v) is 2.43. The Hall–Kier alpha value is -2.72. The van der Waals surface area contributed by atoms with Gasteiger partial charge < -0.3 is 14.8 Å². The molecule has 1 fully saturated rings. The van der Waals surface area contributed by atoms with Crippen molar-refractivity contribution in [2.24, 2.45) is 5.92 Å². The van der Waals surface area contributed by atoms with E-state index in [9.17, 15) is 4.39 Å². The van der Waals surface area contributed by atoms with E-state index in [4.69, 9.17) is 14.7 Å². The first-order valence-electron chi connectivity index (χ1n) is 9.49. The maximum Gasteiger partial charge on any atom is 0.216 e. The van der Waals surface area contributed by atoms with Gasteiger partial charge in [0.05, 0.1) is 11.6 Å². The quantitative estimate of drug-likeness (QED) is 0.840. The third-order valence-corrected chi connectivity index (χ3v) is 3.67. The molecule has 150 valence electrons. The first kappa shape index (κ1) is 21.6. The minimum Gasteiger partial charge on any atom is -0.483 e. The van der Waals surface area contributed by atoms with Crippen LogP contribution in [0.2, 0.25) is 0 Å². The summed E-state index contributed by atoms with van der Waals surface area (Å²) in [5.74, 6) is 1.21. The second kappa shape index (κ2) is 11.2. The highest BCUT2D eigenvalue weighted by atomic mass is 19.1. The Morgan fingerprint density at radius 1 is 1.25 bits per heavy atom. The number of hydrogen-bond donors (Lipinski definition) is 1. The van der Waals surface area contributed by atoms with E-state index < -0.39 is 5.82 Å². The zero-order valence-electron chi connectivity index (χ0n) is 16.6. The second-order valence-corrected chi connectivity index (χ2v) is 7.16. The maximum absolute atomic E-state index is 13.8. The van der Waals surface area contributed by atoms with Gasteiger partial charge in [0.1, 0.15) is 12.7 Å². The molecule has 1 aliphatic rings. The lowest BCUT2D eigenvalue weighted by Gasteiger charge is -2.23. The van der Waals surface area contributed by atoms with E-state index in [2.05, 4.69) is 36.1 Å². The Balaban J connectivity index is 0.000000640. The van der Waals surface area contributed by atoms with Crippen LogP contribution in [0.3, 0.4) is 0 Å². The van der Waals surface area contributed by atoms with Crippen LogP contribution in [-0.4, -0.2) is 29.2 Å². The SMILES string of the molecule is CC(C)C.N#Cc1ccc(OCc2nccc(OC3CCNCC3)n2)c(F)c1. The molecule has 28 heavy (non-hydrogen) atoms. The molecule has 0 bridgehead atoms. The smallest absolute Gasteiger partial charge is 0.216 e. The van der Waals surface area contributed by atoms with E-state index in [1.807, 2.05) is 6.07 Å². The molecule has 7 heteroatoms. The molecule has 0 spiro atoms. The van der Waals surface area contributed by atoms with E-state index >= 15 is 0 Å². The first-order chi connectivity index (χ1) is 13.5. The van der Waals surface area contributed by atoms with E-state index in [1.165, 1.54) is 12.1 Å². The highest BCUT2D eigenvalue weighted by Gasteiger charge is 2.15. The van der Waals surface area contributed by atoms with Gasteiger partial charge in [-0.3, -0.25) is 0 Å². The van der Waals surface area contributed by atoms with Gasteiger partial charge in [-0.25, -0.2) is 9.37 Å². The number of halogens is 1. The molecule has 3 rings (SSSR count). The Morgan fingerprint density at radius 2 is 1.96 bits per heavy atom. The molecule has 1 N–H and O–H groups in total. The Morgan fingerprint density at radius 3 is 2.61 bits per heavy atom. The summed E-state index contributed by atoms with van der Waals surface area (Å²) in [6, 6.07) is 7.62. The molecular formula is C21H27FN4O2. The minimum absolute atomic E-state index is 0.0201. The predicted molar refractivity (Wildman–Crippen MR) is 105 cm³/mol. The number of benzene rings is 1. The Kier molecular flexibility index (Phi) is 8.63. The van der Waals surface area contributed by atoms with Crippen molar-refractivity contribution >= 4 is 0 Å². The lowest BCUT2D eigenvalue weighted by molar-refractivity contribution is 0.154. The third kappa shape index (κ3) is 7.49. The molecule has 6 nitrogen and oxygen atoms in total. The maximum atomic E-state index is 13.8. The Bertz CT molecular complexity index is 783. The molecule has 0 unspecified atom stereocenters. The van der Waals surface area contributed by atoms with Crippen molar-refractivity contribution < 1.29 is 13.9 Å². The summed E-state index contributed by atoms with van der Waals surface area (Å²) in [6.45, 7) is 8.39. The number of hydrogen-bond acceptors (Lipinski definition) is 6. The van der Waals surface area contributed by atoms with Crippen LogP contribution in [0.1, 0.15) is 45.0 Å². The molecule has 1 saturated heterocycles. The van der Waals surface area contributed by atoms with E-state index in [-0.39, 0.29) is 24.0 Å². The van der Waals surface area contributed by atoms with Crippen molar-refractivity contribution in [3.8, 4) is 17.7 Å². The number of rotatable bonds is 5. The first-order valence-corrected chi connectivity index (χ1v) is 9.49. The van der Waals surface area contributed by atoms with Crippen molar-refractivity contribution in [2.75, 3.05) is 13.1 Å². The van der Waals surface area contributed by atoms with Crippen LogP contribution in [0.5, 0.6) is 11.6 Å². The number of piperidine rings is 1. The molecule has 1 aromatic heterocycles. The monoisotopic (exact) mass is 386 g/mol. The van der Waals surface area contributed by atoms with E-state index in [0.29, 0.717) is 11.7 Å². The lowest BCUT2D eigenvalue weighted by atomic mass is 10.1. The van der Waals surface area contributed by atoms with Gasteiger partial charge in [0.15, 0.2) is 17.4 Å². The number of ether oxygens (including phenoxy) is 2. The van der Waals surface area contributed by atoms with E-state index in [0.717, 1.165) is 37.9 Å². The van der Waals surface area contributed by atoms with Gasteiger partial charge in [0, 0.05) is 12.3 Å². The zero-order chi connectivity index (χ0) is 20.4. The average Bonchev–Trinajstić information content (AvgIpc) is 2.67. The van der Waals surface area contributed by atoms with Crippen molar-refractivity contribution in [3.05, 3.63) is 47.7 Å². The third-order valence-electron chi connectivity index (χ3n) is 3.67. The standard InChI is InChI=1S/C17H17FN4O2.C4H10/c18-14-9-12(10-19)1-2-15(14)23-11-16-21-8-5-17(22-16)24-13-3-6-20-7-4-13;1-4(2)3/h1-2,5,8-9,13,20H,3-4,6-7,11H2;4H,1-3H3. The molecule has 0 aliphatic carbocycles. The van der Waals surface area contributed by atoms with Crippen LogP contribution < -0.4 is 14.8 Å². The molecule has 1 aromatic carbocycles. The van der Waals surface area contributed by atoms with Gasteiger partial charge in [-0.15, -0.1) is 0 Å². The van der Waals surface area contributed by atoms with Crippen LogP contribution in [0, 0.1) is 23.1 Å². The van der Waals surface area contributed by atoms with Gasteiger partial charge >= 0.3 is 0 Å². The van der Waals surface area contributed by atoms with Gasteiger partial charge in [-0.1, -0.05) is 20.8 Å². The van der Waals surface area contributed by atoms with Crippen LogP contribution >= 0.6 is 0 Å². The summed E-state index contributed by atoms with van der Waals surface area (Å²) in [5, 5.41) is 12.0. The van der Waals surface area contributed by atoms with Crippen molar-refractivity contribution in [1.29, 1.82) is 5.26 Å². The molecular weight excluding hydrogens is 359 g/mol. The highest BCUT2D eigenvalue weighted by molar-refractivity contribution is 5.36. The second-order valence-electron chi connectivity index (χ2n) is 7.16. The average molecular weight is 386 g/mol. The summed E-state index contributed by atoms with van der Waals surface area (Å²) in [6.07, 6.45) is 3.61. The molecule has 0 radical (unpaired) electrons. The molecule has 0 saturated carbocycles. The molecule has 1 aliphatic heterocycles. The number of aromatic nitrogens is 2. The summed E-state index contributed by atoms with van der Waals surface area (Å²) < 4.78 is 25.0. The van der Waals surface area contributed by atoms with Crippen molar-refractivity contribution in [2.45, 2.75) is 46.3 Å². The fraction of sp³-hybridized carbons (Fsp3) is 0.476. The summed E-state index contributed by atoms with van der Waals surface area (Å²) in [5.41, 5.74) is 0.244. The van der Waals surface area contributed by atoms with Gasteiger partial charge in [0.2, 0.25) is 5.88 Å². The number of nitrogens with zero attached hydrogens (tertiary/aromatic N) is 3. The van der Waals surface area contributed by atoms with Crippen LogP contribution in [0.25, 0.3) is 0 Å². The van der Waals surface area contributed by atoms with Gasteiger partial charge in [-0.05, 0) is 50.0 Å². The molecule has 2 aromatic rings. The van der Waals surface area contributed by atoms with Crippen molar-refractivity contribution in [3.63, 3.8) is 0 Å². The van der Waals surface area contributed by atoms with Crippen molar-refractivity contribution in [1.82, 2.24) is 15.3 Å². The Labute approximate surface area is 165 Å². The fourth-order valence-electron chi connectivity index (χ4n) is 2.43. The largest absolute Gasteiger partial charge is 0.483 e. The summed E-state index contributed by atoms with van der Waals surface area (Å²) in [7, 11) is 0. The summed E-state index contributed by atoms with van der Waals surface area (Å²) >= 11 is 0. The predicted octanol–water partition coefficient (Wildman–Crippen LogP) is 3.86. The number of nitriles is 1. The molecule has 2 heterocycles. The van der Waals surface area contributed by atoms with Gasteiger partial charge in [-0.2, -0.15) is 10.2 Å². The number of nitrogens with one attached hydrogen (secondary N) is 1. The summed E-state index contributed by atoms with van der Waals surface area (Å²) in [4.78, 5) is 8.40. The zero-order valence-corrected chi connectivity index (χ0v) is 16.6. The van der Waals surface area contributed by atoms with Crippen LogP contribution in [0.15, 0.2) is 30.5 Å². The minimum atomic E-state index is -0.587. The van der Waals surface area contributed by atoms with Crippen LogP contribution in [0.4, 0.5) is 4.39 Å². The normalized spacial score (nSPS) is 14.0.